The summed E-state index contributed by atoms with van der Waals surface area (Å²) in [5.74, 6) is 0.846. The summed E-state index contributed by atoms with van der Waals surface area (Å²) in [6.07, 6.45) is 1.41. The summed E-state index contributed by atoms with van der Waals surface area (Å²) >= 11 is 0. The topological polar surface area (TPSA) is 55.5 Å². The van der Waals surface area contributed by atoms with Crippen LogP contribution in [0.4, 0.5) is 0 Å². The summed E-state index contributed by atoms with van der Waals surface area (Å²) < 4.78 is 5.11. The molecule has 3 heteroatoms. The molecule has 0 fully saturated rings. The molecular formula is C11H17NO2. The standard InChI is InChI=1S/C11H17NO2/c1-14-11-4-2-3-9(8-11)7-10(12)5-6-13/h2-4,8,10,13H,5-7,12H2,1H3/t10-/m0/s1. The maximum absolute atomic E-state index is 8.71. The zero-order chi connectivity index (χ0) is 10.4. The largest absolute Gasteiger partial charge is 0.497 e. The van der Waals surface area contributed by atoms with Gasteiger partial charge in [0, 0.05) is 12.6 Å². The molecule has 0 unspecified atom stereocenters. The molecule has 0 aliphatic rings. The van der Waals surface area contributed by atoms with Gasteiger partial charge in [-0.2, -0.15) is 0 Å². The Morgan fingerprint density at radius 1 is 1.50 bits per heavy atom. The number of aliphatic hydroxyl groups is 1. The van der Waals surface area contributed by atoms with Crippen LogP contribution < -0.4 is 10.5 Å². The van der Waals surface area contributed by atoms with Crippen molar-refractivity contribution in [2.24, 2.45) is 5.73 Å². The van der Waals surface area contributed by atoms with Gasteiger partial charge in [0.05, 0.1) is 7.11 Å². The van der Waals surface area contributed by atoms with Crippen LogP contribution in [0.3, 0.4) is 0 Å². The minimum atomic E-state index is 0.0205. The summed E-state index contributed by atoms with van der Waals surface area (Å²) in [4.78, 5) is 0. The van der Waals surface area contributed by atoms with E-state index >= 15 is 0 Å². The normalized spacial score (nSPS) is 12.5. The highest BCUT2D eigenvalue weighted by Gasteiger charge is 2.03. The number of aliphatic hydroxyl groups excluding tert-OH is 1. The third kappa shape index (κ3) is 3.36. The molecule has 1 atom stereocenters. The smallest absolute Gasteiger partial charge is 0.119 e. The van der Waals surface area contributed by atoms with Crippen molar-refractivity contribution in [3.05, 3.63) is 29.8 Å². The highest BCUT2D eigenvalue weighted by molar-refractivity contribution is 5.28. The van der Waals surface area contributed by atoms with E-state index < -0.39 is 0 Å². The zero-order valence-corrected chi connectivity index (χ0v) is 8.44. The van der Waals surface area contributed by atoms with Gasteiger partial charge in [0.15, 0.2) is 0 Å². The molecule has 1 aromatic carbocycles. The van der Waals surface area contributed by atoms with Crippen LogP contribution >= 0.6 is 0 Å². The Labute approximate surface area is 84.5 Å². The first-order valence-corrected chi connectivity index (χ1v) is 4.75. The summed E-state index contributed by atoms with van der Waals surface area (Å²) in [6, 6.07) is 7.85. The Kier molecular flexibility index (Phi) is 4.43. The lowest BCUT2D eigenvalue weighted by Crippen LogP contribution is -2.23. The van der Waals surface area contributed by atoms with Gasteiger partial charge in [-0.3, -0.25) is 0 Å². The average Bonchev–Trinajstić information content (AvgIpc) is 2.18. The van der Waals surface area contributed by atoms with E-state index in [1.54, 1.807) is 7.11 Å². The molecule has 0 saturated heterocycles. The molecule has 0 bridgehead atoms. The van der Waals surface area contributed by atoms with Crippen molar-refractivity contribution < 1.29 is 9.84 Å². The van der Waals surface area contributed by atoms with E-state index in [0.29, 0.717) is 6.42 Å². The van der Waals surface area contributed by atoms with E-state index in [2.05, 4.69) is 0 Å². The Morgan fingerprint density at radius 2 is 2.29 bits per heavy atom. The van der Waals surface area contributed by atoms with Gasteiger partial charge in [-0.05, 0) is 30.5 Å². The molecule has 0 heterocycles. The Bertz CT molecular complexity index is 276. The molecule has 0 aliphatic heterocycles. The first-order valence-electron chi connectivity index (χ1n) is 4.75. The summed E-state index contributed by atoms with van der Waals surface area (Å²) in [5, 5.41) is 8.71. The van der Waals surface area contributed by atoms with Crippen molar-refractivity contribution in [1.29, 1.82) is 0 Å². The molecule has 78 valence electrons. The molecule has 0 aliphatic carbocycles. The molecule has 0 aromatic heterocycles. The maximum atomic E-state index is 8.71. The average molecular weight is 195 g/mol. The SMILES string of the molecule is COc1cccc(C[C@@H](N)CCO)c1. The minimum Gasteiger partial charge on any atom is -0.497 e. The number of hydrogen-bond donors (Lipinski definition) is 2. The van der Waals surface area contributed by atoms with Crippen LogP contribution in [0.25, 0.3) is 0 Å². The summed E-state index contributed by atoms with van der Waals surface area (Å²) in [5.41, 5.74) is 6.95. The van der Waals surface area contributed by atoms with Crippen LogP contribution in [0, 0.1) is 0 Å². The lowest BCUT2D eigenvalue weighted by molar-refractivity contribution is 0.275. The second kappa shape index (κ2) is 5.62. The number of methoxy groups -OCH3 is 1. The van der Waals surface area contributed by atoms with Crippen LogP contribution in [-0.4, -0.2) is 24.9 Å². The van der Waals surface area contributed by atoms with Crippen molar-refractivity contribution in [3.63, 3.8) is 0 Å². The van der Waals surface area contributed by atoms with Crippen molar-refractivity contribution in [2.45, 2.75) is 18.9 Å². The molecule has 1 rings (SSSR count). The van der Waals surface area contributed by atoms with Crippen molar-refractivity contribution >= 4 is 0 Å². The van der Waals surface area contributed by atoms with Gasteiger partial charge in [0.2, 0.25) is 0 Å². The van der Waals surface area contributed by atoms with Crippen LogP contribution in [0.15, 0.2) is 24.3 Å². The maximum Gasteiger partial charge on any atom is 0.119 e. The third-order valence-corrected chi connectivity index (χ3v) is 2.13. The Hall–Kier alpha value is -1.06. The van der Waals surface area contributed by atoms with Gasteiger partial charge < -0.3 is 15.6 Å². The molecular weight excluding hydrogens is 178 g/mol. The highest BCUT2D eigenvalue weighted by atomic mass is 16.5. The molecule has 14 heavy (non-hydrogen) atoms. The molecule has 0 saturated carbocycles. The van der Waals surface area contributed by atoms with E-state index in [9.17, 15) is 0 Å². The lowest BCUT2D eigenvalue weighted by Gasteiger charge is -2.10. The second-order valence-corrected chi connectivity index (χ2v) is 3.33. The fourth-order valence-corrected chi connectivity index (χ4v) is 1.37. The van der Waals surface area contributed by atoms with Crippen molar-refractivity contribution in [2.75, 3.05) is 13.7 Å². The number of rotatable bonds is 5. The zero-order valence-electron chi connectivity index (χ0n) is 8.44. The fourth-order valence-electron chi connectivity index (χ4n) is 1.37. The molecule has 3 nitrogen and oxygen atoms in total. The van der Waals surface area contributed by atoms with Gasteiger partial charge >= 0.3 is 0 Å². The number of benzene rings is 1. The summed E-state index contributed by atoms with van der Waals surface area (Å²) in [7, 11) is 1.65. The summed E-state index contributed by atoms with van der Waals surface area (Å²) in [6.45, 7) is 0.144. The van der Waals surface area contributed by atoms with E-state index in [-0.39, 0.29) is 12.6 Å². The third-order valence-electron chi connectivity index (χ3n) is 2.13. The fraction of sp³-hybridized carbons (Fsp3) is 0.455. The molecule has 0 radical (unpaired) electrons. The minimum absolute atomic E-state index is 0.0205. The quantitative estimate of drug-likeness (QED) is 0.735. The molecule has 0 amide bonds. The predicted octanol–water partition coefficient (Wildman–Crippen LogP) is 0.947. The number of hydrogen-bond acceptors (Lipinski definition) is 3. The van der Waals surface area contributed by atoms with E-state index in [0.717, 1.165) is 17.7 Å². The van der Waals surface area contributed by atoms with Gasteiger partial charge in [-0.15, -0.1) is 0 Å². The van der Waals surface area contributed by atoms with Gasteiger partial charge in [0.1, 0.15) is 5.75 Å². The Morgan fingerprint density at radius 3 is 2.93 bits per heavy atom. The first kappa shape index (κ1) is 11.0. The van der Waals surface area contributed by atoms with Gasteiger partial charge in [-0.1, -0.05) is 12.1 Å². The van der Waals surface area contributed by atoms with Crippen LogP contribution in [-0.2, 0) is 6.42 Å². The monoisotopic (exact) mass is 195 g/mol. The van der Waals surface area contributed by atoms with E-state index in [1.807, 2.05) is 24.3 Å². The molecule has 0 spiro atoms. The highest BCUT2D eigenvalue weighted by Crippen LogP contribution is 2.14. The van der Waals surface area contributed by atoms with Crippen LogP contribution in [0.2, 0.25) is 0 Å². The number of nitrogens with two attached hydrogens (primary N) is 1. The molecule has 1 aromatic rings. The van der Waals surface area contributed by atoms with Gasteiger partial charge in [-0.25, -0.2) is 0 Å². The van der Waals surface area contributed by atoms with Crippen LogP contribution in [0.1, 0.15) is 12.0 Å². The lowest BCUT2D eigenvalue weighted by atomic mass is 10.0. The second-order valence-electron chi connectivity index (χ2n) is 3.33. The first-order chi connectivity index (χ1) is 6.76. The van der Waals surface area contributed by atoms with E-state index in [1.165, 1.54) is 0 Å². The Balaban J connectivity index is 2.57. The van der Waals surface area contributed by atoms with Crippen molar-refractivity contribution in [1.82, 2.24) is 0 Å². The predicted molar refractivity (Wildman–Crippen MR) is 56.4 cm³/mol. The number of ether oxygens (including phenoxy) is 1. The van der Waals surface area contributed by atoms with E-state index in [4.69, 9.17) is 15.6 Å². The van der Waals surface area contributed by atoms with Gasteiger partial charge in [0.25, 0.3) is 0 Å². The van der Waals surface area contributed by atoms with Crippen molar-refractivity contribution in [3.8, 4) is 5.75 Å². The van der Waals surface area contributed by atoms with Crippen LogP contribution in [0.5, 0.6) is 5.75 Å². The molecule has 3 N–H and O–H groups in total.